The molecule has 0 bridgehead atoms. The Kier molecular flexibility index (Phi) is 3.22. The zero-order chi connectivity index (χ0) is 13.5. The summed E-state index contributed by atoms with van der Waals surface area (Å²) >= 11 is 1.50. The number of halogens is 3. The van der Waals surface area contributed by atoms with Gasteiger partial charge in [0.2, 0.25) is 0 Å². The maximum Gasteiger partial charge on any atom is 0.416 e. The van der Waals surface area contributed by atoms with Gasteiger partial charge in [-0.05, 0) is 37.6 Å². The second kappa shape index (κ2) is 4.76. The summed E-state index contributed by atoms with van der Waals surface area (Å²) in [5.41, 5.74) is -0.168. The van der Waals surface area contributed by atoms with Crippen LogP contribution in [0.25, 0.3) is 10.2 Å². The third kappa shape index (κ3) is 2.60. The van der Waals surface area contributed by atoms with E-state index in [0.717, 1.165) is 47.8 Å². The monoisotopic (exact) mass is 286 g/mol. The number of aromatic nitrogens is 1. The van der Waals surface area contributed by atoms with E-state index in [1.165, 1.54) is 17.4 Å². The Morgan fingerprint density at radius 3 is 2.84 bits per heavy atom. The number of alkyl halides is 3. The topological polar surface area (TPSA) is 24.9 Å². The Labute approximate surface area is 112 Å². The molecule has 1 atom stereocenters. The van der Waals surface area contributed by atoms with Gasteiger partial charge in [-0.3, -0.25) is 0 Å². The molecule has 0 radical (unpaired) electrons. The molecule has 1 aromatic carbocycles. The molecular formula is C13H13F3N2S. The Morgan fingerprint density at radius 2 is 2.16 bits per heavy atom. The van der Waals surface area contributed by atoms with Crippen LogP contribution >= 0.6 is 11.3 Å². The van der Waals surface area contributed by atoms with Crippen molar-refractivity contribution < 1.29 is 13.2 Å². The lowest BCUT2D eigenvalue weighted by Crippen LogP contribution is -2.28. The van der Waals surface area contributed by atoms with E-state index in [1.54, 1.807) is 0 Å². The van der Waals surface area contributed by atoms with Crippen LogP contribution in [0.4, 0.5) is 13.2 Å². The van der Waals surface area contributed by atoms with Gasteiger partial charge in [0, 0.05) is 12.5 Å². The minimum absolute atomic E-state index is 0.334. The molecule has 1 fully saturated rings. The minimum atomic E-state index is -4.30. The summed E-state index contributed by atoms with van der Waals surface area (Å²) in [6.45, 7) is 1.88. The molecule has 6 heteroatoms. The summed E-state index contributed by atoms with van der Waals surface area (Å²) in [4.78, 5) is 4.39. The van der Waals surface area contributed by atoms with Crippen LogP contribution in [0.15, 0.2) is 18.2 Å². The van der Waals surface area contributed by atoms with Crippen molar-refractivity contribution in [2.75, 3.05) is 13.1 Å². The number of benzene rings is 1. The van der Waals surface area contributed by atoms with Gasteiger partial charge in [-0.1, -0.05) is 0 Å². The van der Waals surface area contributed by atoms with Gasteiger partial charge < -0.3 is 5.32 Å². The lowest BCUT2D eigenvalue weighted by atomic mass is 10.0. The second-order valence-corrected chi connectivity index (χ2v) is 5.84. The Hall–Kier alpha value is -1.14. The first-order valence-corrected chi connectivity index (χ1v) is 7.04. The van der Waals surface area contributed by atoms with E-state index < -0.39 is 11.7 Å². The Morgan fingerprint density at radius 1 is 1.32 bits per heavy atom. The molecule has 1 unspecified atom stereocenters. The fourth-order valence-corrected chi connectivity index (χ4v) is 3.44. The SMILES string of the molecule is FC(F)(F)c1ccc2sc(C3CCCNC3)nc2c1. The highest BCUT2D eigenvalue weighted by Crippen LogP contribution is 2.35. The molecule has 2 aromatic rings. The van der Waals surface area contributed by atoms with Crippen LogP contribution in [0.3, 0.4) is 0 Å². The number of thiazole rings is 1. The molecular weight excluding hydrogens is 273 g/mol. The summed E-state index contributed by atoms with van der Waals surface area (Å²) < 4.78 is 38.8. The third-order valence-electron chi connectivity index (χ3n) is 3.38. The fourth-order valence-electron chi connectivity index (χ4n) is 2.36. The molecule has 1 aliphatic heterocycles. The number of fused-ring (bicyclic) bond motifs is 1. The highest BCUT2D eigenvalue weighted by atomic mass is 32.1. The van der Waals surface area contributed by atoms with Crippen LogP contribution < -0.4 is 5.32 Å². The highest BCUT2D eigenvalue weighted by molar-refractivity contribution is 7.18. The van der Waals surface area contributed by atoms with E-state index in [0.29, 0.717) is 11.4 Å². The normalized spacial score (nSPS) is 20.9. The van der Waals surface area contributed by atoms with Crippen molar-refractivity contribution in [3.8, 4) is 0 Å². The number of rotatable bonds is 1. The van der Waals surface area contributed by atoms with Gasteiger partial charge in [0.05, 0.1) is 20.8 Å². The van der Waals surface area contributed by atoms with Gasteiger partial charge in [-0.15, -0.1) is 11.3 Å². The molecule has 2 heterocycles. The Bertz CT molecular complexity index is 585. The molecule has 0 amide bonds. The van der Waals surface area contributed by atoms with Crippen LogP contribution in [0.1, 0.15) is 29.3 Å². The molecule has 0 aliphatic carbocycles. The van der Waals surface area contributed by atoms with E-state index in [-0.39, 0.29) is 0 Å². The smallest absolute Gasteiger partial charge is 0.316 e. The van der Waals surface area contributed by atoms with E-state index >= 15 is 0 Å². The van der Waals surface area contributed by atoms with Gasteiger partial charge in [-0.2, -0.15) is 13.2 Å². The fraction of sp³-hybridized carbons (Fsp3) is 0.462. The van der Waals surface area contributed by atoms with Gasteiger partial charge in [0.15, 0.2) is 0 Å². The van der Waals surface area contributed by atoms with Crippen molar-refractivity contribution in [2.24, 2.45) is 0 Å². The number of piperidine rings is 1. The van der Waals surface area contributed by atoms with Crippen molar-refractivity contribution in [1.82, 2.24) is 10.3 Å². The molecule has 3 rings (SSSR count). The maximum absolute atomic E-state index is 12.6. The van der Waals surface area contributed by atoms with Crippen LogP contribution in [-0.2, 0) is 6.18 Å². The molecule has 2 nitrogen and oxygen atoms in total. The zero-order valence-corrected chi connectivity index (χ0v) is 10.9. The number of nitrogens with zero attached hydrogens (tertiary/aromatic N) is 1. The number of hydrogen-bond acceptors (Lipinski definition) is 3. The third-order valence-corrected chi connectivity index (χ3v) is 4.58. The molecule has 0 spiro atoms. The van der Waals surface area contributed by atoms with E-state index in [9.17, 15) is 13.2 Å². The average molecular weight is 286 g/mol. The van der Waals surface area contributed by atoms with Crippen molar-refractivity contribution in [3.63, 3.8) is 0 Å². The van der Waals surface area contributed by atoms with Gasteiger partial charge in [0.25, 0.3) is 0 Å². The summed E-state index contributed by atoms with van der Waals surface area (Å²) in [6.07, 6.45) is -2.16. The summed E-state index contributed by atoms with van der Waals surface area (Å²) in [6, 6.07) is 3.80. The molecule has 1 aromatic heterocycles. The van der Waals surface area contributed by atoms with Crippen LogP contribution in [0, 0.1) is 0 Å². The van der Waals surface area contributed by atoms with Crippen LogP contribution in [0.2, 0.25) is 0 Å². The lowest BCUT2D eigenvalue weighted by Gasteiger charge is -2.20. The van der Waals surface area contributed by atoms with E-state index in [1.807, 2.05) is 0 Å². The van der Waals surface area contributed by atoms with Crippen molar-refractivity contribution in [2.45, 2.75) is 24.9 Å². The summed E-state index contributed by atoms with van der Waals surface area (Å²) in [7, 11) is 0. The molecule has 1 saturated heterocycles. The summed E-state index contributed by atoms with van der Waals surface area (Å²) in [5, 5.41) is 4.25. The van der Waals surface area contributed by atoms with Crippen LogP contribution in [-0.4, -0.2) is 18.1 Å². The first-order valence-electron chi connectivity index (χ1n) is 6.22. The predicted molar refractivity (Wildman–Crippen MR) is 69.5 cm³/mol. The van der Waals surface area contributed by atoms with Gasteiger partial charge in [-0.25, -0.2) is 4.98 Å². The van der Waals surface area contributed by atoms with Crippen molar-refractivity contribution in [3.05, 3.63) is 28.8 Å². The number of nitrogens with one attached hydrogen (secondary N) is 1. The van der Waals surface area contributed by atoms with Gasteiger partial charge in [0.1, 0.15) is 0 Å². The van der Waals surface area contributed by atoms with Crippen molar-refractivity contribution in [1.29, 1.82) is 0 Å². The molecule has 102 valence electrons. The first-order chi connectivity index (χ1) is 9.04. The summed E-state index contributed by atoms with van der Waals surface area (Å²) in [5.74, 6) is 0.334. The van der Waals surface area contributed by atoms with Crippen LogP contribution in [0.5, 0.6) is 0 Å². The zero-order valence-electron chi connectivity index (χ0n) is 10.1. The largest absolute Gasteiger partial charge is 0.416 e. The average Bonchev–Trinajstić information content (AvgIpc) is 2.81. The molecule has 1 aliphatic rings. The van der Waals surface area contributed by atoms with E-state index in [2.05, 4.69) is 10.3 Å². The van der Waals surface area contributed by atoms with Crippen molar-refractivity contribution >= 4 is 21.6 Å². The molecule has 19 heavy (non-hydrogen) atoms. The Balaban J connectivity index is 1.96. The number of hydrogen-bond donors (Lipinski definition) is 1. The maximum atomic E-state index is 12.6. The highest BCUT2D eigenvalue weighted by Gasteiger charge is 2.31. The minimum Gasteiger partial charge on any atom is -0.316 e. The molecule has 1 N–H and O–H groups in total. The van der Waals surface area contributed by atoms with Gasteiger partial charge >= 0.3 is 6.18 Å². The lowest BCUT2D eigenvalue weighted by molar-refractivity contribution is -0.137. The molecule has 0 saturated carbocycles. The van der Waals surface area contributed by atoms with E-state index in [4.69, 9.17) is 0 Å². The second-order valence-electron chi connectivity index (χ2n) is 4.78. The predicted octanol–water partition coefficient (Wildman–Crippen LogP) is 3.78. The quantitative estimate of drug-likeness (QED) is 0.863. The standard InChI is InChI=1S/C13H13F3N2S/c14-13(15,16)9-3-4-11-10(6-9)18-12(19-11)8-2-1-5-17-7-8/h3-4,6,8,17H,1-2,5,7H2. The first kappa shape index (κ1) is 12.9.